The fourth-order valence-electron chi connectivity index (χ4n) is 3.58. The number of nitrogens with one attached hydrogen (secondary N) is 1. The van der Waals surface area contributed by atoms with Crippen LogP contribution in [0.2, 0.25) is 0 Å². The second-order valence-electron chi connectivity index (χ2n) is 5.83. The molecule has 4 nitrogen and oxygen atoms in total. The molecule has 3 unspecified atom stereocenters. The van der Waals surface area contributed by atoms with Gasteiger partial charge in [-0.3, -0.25) is 14.9 Å². The number of benzene rings is 1. The molecule has 1 aromatic rings. The highest BCUT2D eigenvalue weighted by Crippen LogP contribution is 2.47. The zero-order valence-corrected chi connectivity index (χ0v) is 11.6. The summed E-state index contributed by atoms with van der Waals surface area (Å²) in [5.41, 5.74) is 0.787. The summed E-state index contributed by atoms with van der Waals surface area (Å²) in [5.74, 6) is -0.515. The van der Waals surface area contributed by atoms with Crippen molar-refractivity contribution in [1.82, 2.24) is 5.32 Å². The number of piperidine rings is 1. The SMILES string of the molecule is CC1OCCC12CC(=O)NC(=O)C2Cc1ccccc1. The summed E-state index contributed by atoms with van der Waals surface area (Å²) in [5, 5.41) is 2.49. The maximum atomic E-state index is 12.3. The fraction of sp³-hybridized carbons (Fsp3) is 0.500. The molecule has 2 amide bonds. The first-order valence-corrected chi connectivity index (χ1v) is 7.11. The quantitative estimate of drug-likeness (QED) is 0.834. The van der Waals surface area contributed by atoms with Crippen LogP contribution in [0.25, 0.3) is 0 Å². The van der Waals surface area contributed by atoms with Gasteiger partial charge in [-0.05, 0) is 25.3 Å². The van der Waals surface area contributed by atoms with Crippen LogP contribution in [0.4, 0.5) is 0 Å². The number of carbonyl (C=O) groups is 2. The molecule has 0 bridgehead atoms. The van der Waals surface area contributed by atoms with Gasteiger partial charge in [0.25, 0.3) is 0 Å². The zero-order valence-electron chi connectivity index (χ0n) is 11.6. The molecule has 3 rings (SSSR count). The van der Waals surface area contributed by atoms with Crippen LogP contribution < -0.4 is 5.32 Å². The molecule has 0 saturated carbocycles. The number of ether oxygens (including phenoxy) is 1. The van der Waals surface area contributed by atoms with Crippen LogP contribution in [0.1, 0.15) is 25.3 Å². The molecule has 20 heavy (non-hydrogen) atoms. The lowest BCUT2D eigenvalue weighted by Gasteiger charge is -2.41. The van der Waals surface area contributed by atoms with Gasteiger partial charge in [0.05, 0.1) is 12.0 Å². The van der Waals surface area contributed by atoms with Gasteiger partial charge in [0, 0.05) is 18.4 Å². The Kier molecular flexibility index (Phi) is 3.34. The Hall–Kier alpha value is -1.68. The van der Waals surface area contributed by atoms with Crippen LogP contribution >= 0.6 is 0 Å². The second-order valence-corrected chi connectivity index (χ2v) is 5.83. The third kappa shape index (κ3) is 2.14. The topological polar surface area (TPSA) is 55.4 Å². The van der Waals surface area contributed by atoms with Crippen LogP contribution in [-0.4, -0.2) is 24.5 Å². The minimum absolute atomic E-state index is 0.0498. The first kappa shape index (κ1) is 13.3. The van der Waals surface area contributed by atoms with Crippen LogP contribution in [0.15, 0.2) is 30.3 Å². The zero-order chi connectivity index (χ0) is 14.2. The Morgan fingerprint density at radius 3 is 2.70 bits per heavy atom. The lowest BCUT2D eigenvalue weighted by Crippen LogP contribution is -2.55. The Bertz CT molecular complexity index is 528. The third-order valence-corrected chi connectivity index (χ3v) is 4.79. The molecule has 1 N–H and O–H groups in total. The van der Waals surface area contributed by atoms with Crippen molar-refractivity contribution < 1.29 is 14.3 Å². The standard InChI is InChI=1S/C16H19NO3/c1-11-16(7-8-20-11)10-14(18)17-15(19)13(16)9-12-5-3-2-4-6-12/h2-6,11,13H,7-10H2,1H3,(H,17,18,19). The molecular weight excluding hydrogens is 254 g/mol. The number of hydrogen-bond donors (Lipinski definition) is 1. The molecule has 4 heteroatoms. The molecule has 0 radical (unpaired) electrons. The summed E-state index contributed by atoms with van der Waals surface area (Å²) in [6.07, 6.45) is 1.78. The molecule has 0 aromatic heterocycles. The normalized spacial score (nSPS) is 33.5. The molecule has 2 saturated heterocycles. The second kappa shape index (κ2) is 5.02. The molecule has 2 heterocycles. The van der Waals surface area contributed by atoms with Gasteiger partial charge in [-0.15, -0.1) is 0 Å². The molecule has 1 aromatic carbocycles. The summed E-state index contributed by atoms with van der Waals surface area (Å²) >= 11 is 0. The number of carbonyl (C=O) groups excluding carboxylic acids is 2. The maximum absolute atomic E-state index is 12.3. The van der Waals surface area contributed by atoms with Crippen molar-refractivity contribution in [2.24, 2.45) is 11.3 Å². The van der Waals surface area contributed by atoms with Crippen molar-refractivity contribution in [2.75, 3.05) is 6.61 Å². The van der Waals surface area contributed by atoms with Gasteiger partial charge in [0.1, 0.15) is 0 Å². The van der Waals surface area contributed by atoms with E-state index in [4.69, 9.17) is 4.74 Å². The molecular formula is C16H19NO3. The number of rotatable bonds is 2. The van der Waals surface area contributed by atoms with E-state index in [0.29, 0.717) is 19.4 Å². The molecule has 2 aliphatic rings. The highest BCUT2D eigenvalue weighted by Gasteiger charge is 2.54. The minimum Gasteiger partial charge on any atom is -0.378 e. The van der Waals surface area contributed by atoms with Gasteiger partial charge >= 0.3 is 0 Å². The molecule has 2 fully saturated rings. The van der Waals surface area contributed by atoms with E-state index >= 15 is 0 Å². The van der Waals surface area contributed by atoms with Crippen molar-refractivity contribution in [3.63, 3.8) is 0 Å². The third-order valence-electron chi connectivity index (χ3n) is 4.79. The fourth-order valence-corrected chi connectivity index (χ4v) is 3.58. The van der Waals surface area contributed by atoms with Crippen molar-refractivity contribution in [3.8, 4) is 0 Å². The predicted molar refractivity (Wildman–Crippen MR) is 73.9 cm³/mol. The maximum Gasteiger partial charge on any atom is 0.230 e. The van der Waals surface area contributed by atoms with Gasteiger partial charge in [-0.25, -0.2) is 0 Å². The van der Waals surface area contributed by atoms with E-state index in [0.717, 1.165) is 12.0 Å². The largest absolute Gasteiger partial charge is 0.378 e. The molecule has 0 aliphatic carbocycles. The molecule has 106 valence electrons. The van der Waals surface area contributed by atoms with E-state index in [-0.39, 0.29) is 29.3 Å². The van der Waals surface area contributed by atoms with Crippen molar-refractivity contribution in [3.05, 3.63) is 35.9 Å². The van der Waals surface area contributed by atoms with E-state index in [1.807, 2.05) is 37.3 Å². The van der Waals surface area contributed by atoms with Gasteiger partial charge in [0.15, 0.2) is 0 Å². The average molecular weight is 273 g/mol. The monoisotopic (exact) mass is 273 g/mol. The van der Waals surface area contributed by atoms with Gasteiger partial charge in [0.2, 0.25) is 11.8 Å². The number of amides is 2. The Balaban J connectivity index is 1.92. The van der Waals surface area contributed by atoms with Gasteiger partial charge in [-0.2, -0.15) is 0 Å². The number of hydrogen-bond acceptors (Lipinski definition) is 3. The summed E-state index contributed by atoms with van der Waals surface area (Å²) in [6, 6.07) is 9.96. The van der Waals surface area contributed by atoms with Crippen LogP contribution in [0, 0.1) is 11.3 Å². The molecule has 3 atom stereocenters. The molecule has 2 aliphatic heterocycles. The average Bonchev–Trinajstić information content (AvgIpc) is 2.77. The summed E-state index contributed by atoms with van der Waals surface area (Å²) < 4.78 is 5.68. The van der Waals surface area contributed by atoms with E-state index in [2.05, 4.69) is 5.32 Å². The molecule has 1 spiro atoms. The van der Waals surface area contributed by atoms with Crippen LogP contribution in [0.5, 0.6) is 0 Å². The first-order chi connectivity index (χ1) is 9.62. The van der Waals surface area contributed by atoms with E-state index < -0.39 is 0 Å². The first-order valence-electron chi connectivity index (χ1n) is 7.11. The van der Waals surface area contributed by atoms with Gasteiger partial charge < -0.3 is 4.74 Å². The van der Waals surface area contributed by atoms with Crippen molar-refractivity contribution >= 4 is 11.8 Å². The van der Waals surface area contributed by atoms with Gasteiger partial charge in [-0.1, -0.05) is 30.3 Å². The lowest BCUT2D eigenvalue weighted by molar-refractivity contribution is -0.146. The smallest absolute Gasteiger partial charge is 0.230 e. The van der Waals surface area contributed by atoms with Crippen molar-refractivity contribution in [1.29, 1.82) is 0 Å². The van der Waals surface area contributed by atoms with E-state index in [1.165, 1.54) is 0 Å². The van der Waals surface area contributed by atoms with E-state index in [1.54, 1.807) is 0 Å². The van der Waals surface area contributed by atoms with Crippen molar-refractivity contribution in [2.45, 2.75) is 32.3 Å². The Morgan fingerprint density at radius 2 is 2.05 bits per heavy atom. The highest BCUT2D eigenvalue weighted by atomic mass is 16.5. The highest BCUT2D eigenvalue weighted by molar-refractivity contribution is 6.00. The lowest BCUT2D eigenvalue weighted by atomic mass is 9.64. The minimum atomic E-state index is -0.338. The Morgan fingerprint density at radius 1 is 1.30 bits per heavy atom. The summed E-state index contributed by atoms with van der Waals surface area (Å²) in [7, 11) is 0. The predicted octanol–water partition coefficient (Wildman–Crippen LogP) is 1.69. The summed E-state index contributed by atoms with van der Waals surface area (Å²) in [4.78, 5) is 24.1. The number of imide groups is 1. The summed E-state index contributed by atoms with van der Waals surface area (Å²) in [6.45, 7) is 2.61. The van der Waals surface area contributed by atoms with Crippen LogP contribution in [0.3, 0.4) is 0 Å². The van der Waals surface area contributed by atoms with Crippen LogP contribution in [-0.2, 0) is 20.7 Å². The van der Waals surface area contributed by atoms with E-state index in [9.17, 15) is 9.59 Å². The Labute approximate surface area is 118 Å².